The second kappa shape index (κ2) is 2.96. The van der Waals surface area contributed by atoms with E-state index in [0.717, 1.165) is 5.56 Å². The Morgan fingerprint density at radius 1 is 1.73 bits per heavy atom. The van der Waals surface area contributed by atoms with Crippen LogP contribution in [0.5, 0.6) is 0 Å². The highest BCUT2D eigenvalue weighted by molar-refractivity contribution is 6.35. The van der Waals surface area contributed by atoms with Crippen LogP contribution in [-0.4, -0.2) is 27.9 Å². The van der Waals surface area contributed by atoms with Gasteiger partial charge in [-0.2, -0.15) is 5.10 Å². The van der Waals surface area contributed by atoms with Crippen molar-refractivity contribution in [2.24, 2.45) is 7.05 Å². The highest BCUT2D eigenvalue weighted by atomic mass is 35.5. The van der Waals surface area contributed by atoms with Gasteiger partial charge >= 0.3 is 5.97 Å². The van der Waals surface area contributed by atoms with E-state index < -0.39 is 16.6 Å². The number of methoxy groups -OCH3 is 1. The number of esters is 1. The maximum atomic E-state index is 11.4. The molecule has 2 unspecified atom stereocenters. The fourth-order valence-electron chi connectivity index (χ4n) is 1.54. The van der Waals surface area contributed by atoms with Gasteiger partial charge in [0, 0.05) is 18.8 Å². The molecule has 2 rings (SSSR count). The van der Waals surface area contributed by atoms with Crippen LogP contribution < -0.4 is 0 Å². The number of halogens is 1. The van der Waals surface area contributed by atoms with Crippen LogP contribution in [0.2, 0.25) is 0 Å². The Balaban J connectivity index is 2.30. The minimum atomic E-state index is -1.41. The van der Waals surface area contributed by atoms with Crippen LogP contribution in [0.1, 0.15) is 12.5 Å². The van der Waals surface area contributed by atoms with Crippen LogP contribution in [0.3, 0.4) is 0 Å². The molecule has 2 atom stereocenters. The third-order valence-electron chi connectivity index (χ3n) is 2.62. The Morgan fingerprint density at radius 3 is 2.87 bits per heavy atom. The number of carbonyl (C=O) groups is 1. The number of rotatable bonds is 2. The van der Waals surface area contributed by atoms with Crippen molar-refractivity contribution in [3.8, 4) is 0 Å². The molecule has 0 spiro atoms. The molecular formula is C9H11ClN2O3. The second-order valence-electron chi connectivity index (χ2n) is 3.62. The number of carbonyl (C=O) groups excluding carboxylic acids is 1. The number of aromatic nitrogens is 2. The second-order valence-corrected chi connectivity index (χ2v) is 4.16. The molecule has 1 aliphatic rings. The van der Waals surface area contributed by atoms with Crippen LogP contribution in [0.25, 0.3) is 0 Å². The van der Waals surface area contributed by atoms with E-state index in [9.17, 15) is 4.79 Å². The van der Waals surface area contributed by atoms with Crippen molar-refractivity contribution in [2.45, 2.75) is 17.6 Å². The lowest BCUT2D eigenvalue weighted by Crippen LogP contribution is -2.26. The highest BCUT2D eigenvalue weighted by Crippen LogP contribution is 2.58. The predicted molar refractivity (Wildman–Crippen MR) is 52.2 cm³/mol. The van der Waals surface area contributed by atoms with E-state index in [1.54, 1.807) is 31.0 Å². The minimum absolute atomic E-state index is 0.587. The maximum absolute atomic E-state index is 11.4. The van der Waals surface area contributed by atoms with Crippen molar-refractivity contribution in [1.29, 1.82) is 0 Å². The topological polar surface area (TPSA) is 56.6 Å². The van der Waals surface area contributed by atoms with Gasteiger partial charge in [0.25, 0.3) is 5.06 Å². The summed E-state index contributed by atoms with van der Waals surface area (Å²) in [7, 11) is 3.06. The molecule has 6 heteroatoms. The molecule has 1 saturated heterocycles. The molecule has 0 N–H and O–H groups in total. The zero-order valence-electron chi connectivity index (χ0n) is 8.65. The third-order valence-corrected chi connectivity index (χ3v) is 3.21. The Bertz CT molecular complexity index is 419. The maximum Gasteiger partial charge on any atom is 0.357 e. The van der Waals surface area contributed by atoms with Crippen LogP contribution in [0, 0.1) is 0 Å². The van der Waals surface area contributed by atoms with Gasteiger partial charge in [-0.3, -0.25) is 4.68 Å². The third kappa shape index (κ3) is 1.27. The standard InChI is InChI=1S/C9H11ClN2O3/c1-8(6-4-11-12(2)5-6)9(10,15-8)7(13)14-3/h4-5H,1-3H3. The van der Waals surface area contributed by atoms with Crippen molar-refractivity contribution in [1.82, 2.24) is 9.78 Å². The van der Waals surface area contributed by atoms with Crippen molar-refractivity contribution in [3.63, 3.8) is 0 Å². The average molecular weight is 231 g/mol. The first kappa shape index (κ1) is 10.4. The van der Waals surface area contributed by atoms with Crippen LogP contribution in [0.4, 0.5) is 0 Å². The molecule has 1 aromatic heterocycles. The van der Waals surface area contributed by atoms with E-state index in [2.05, 4.69) is 9.84 Å². The number of nitrogens with zero attached hydrogens (tertiary/aromatic N) is 2. The van der Waals surface area contributed by atoms with Gasteiger partial charge in [-0.1, -0.05) is 11.6 Å². The van der Waals surface area contributed by atoms with Gasteiger partial charge in [-0.05, 0) is 6.92 Å². The quantitative estimate of drug-likeness (QED) is 0.428. The van der Waals surface area contributed by atoms with Crippen LogP contribution in [-0.2, 0) is 26.9 Å². The molecule has 0 bridgehead atoms. The lowest BCUT2D eigenvalue weighted by atomic mass is 10.0. The summed E-state index contributed by atoms with van der Waals surface area (Å²) >= 11 is 6.01. The van der Waals surface area contributed by atoms with Crippen LogP contribution in [0.15, 0.2) is 12.4 Å². The van der Waals surface area contributed by atoms with E-state index in [1.807, 2.05) is 0 Å². The fraction of sp³-hybridized carbons (Fsp3) is 0.556. The highest BCUT2D eigenvalue weighted by Gasteiger charge is 2.74. The predicted octanol–water partition coefficient (Wildman–Crippen LogP) is 0.774. The molecule has 2 heterocycles. The molecular weight excluding hydrogens is 220 g/mol. The summed E-state index contributed by atoms with van der Waals surface area (Å²) in [5.41, 5.74) is -0.0963. The van der Waals surface area contributed by atoms with Gasteiger partial charge in [-0.25, -0.2) is 4.79 Å². The van der Waals surface area contributed by atoms with Gasteiger partial charge < -0.3 is 9.47 Å². The van der Waals surface area contributed by atoms with E-state index >= 15 is 0 Å². The Labute approximate surface area is 91.9 Å². The number of aryl methyl sites for hydroxylation is 1. The minimum Gasteiger partial charge on any atom is -0.466 e. The first-order valence-corrected chi connectivity index (χ1v) is 4.78. The average Bonchev–Trinajstić information content (AvgIpc) is 2.60. The van der Waals surface area contributed by atoms with E-state index in [0.29, 0.717) is 0 Å². The normalized spacial score (nSPS) is 33.9. The summed E-state index contributed by atoms with van der Waals surface area (Å²) in [6.45, 7) is 1.73. The summed E-state index contributed by atoms with van der Waals surface area (Å²) < 4.78 is 11.5. The number of hydrogen-bond donors (Lipinski definition) is 0. The smallest absolute Gasteiger partial charge is 0.357 e. The number of hydrogen-bond acceptors (Lipinski definition) is 4. The van der Waals surface area contributed by atoms with Gasteiger partial charge in [0.15, 0.2) is 5.60 Å². The Hall–Kier alpha value is -1.07. The fourth-order valence-corrected chi connectivity index (χ4v) is 1.88. The molecule has 0 aromatic carbocycles. The summed E-state index contributed by atoms with van der Waals surface area (Å²) in [6.07, 6.45) is 3.38. The number of ether oxygens (including phenoxy) is 2. The molecule has 1 aromatic rings. The molecule has 1 fully saturated rings. The van der Waals surface area contributed by atoms with Gasteiger partial charge in [0.2, 0.25) is 0 Å². The van der Waals surface area contributed by atoms with Gasteiger partial charge in [0.1, 0.15) is 0 Å². The summed E-state index contributed by atoms with van der Waals surface area (Å²) in [6, 6.07) is 0. The molecule has 15 heavy (non-hydrogen) atoms. The zero-order chi connectivity index (χ0) is 11.3. The van der Waals surface area contributed by atoms with Crippen molar-refractivity contribution in [2.75, 3.05) is 7.11 Å². The lowest BCUT2D eigenvalue weighted by Gasteiger charge is -2.06. The number of epoxide rings is 1. The SMILES string of the molecule is COC(=O)C1(Cl)OC1(C)c1cnn(C)c1. The monoisotopic (exact) mass is 230 g/mol. The Kier molecular flexibility index (Phi) is 2.06. The molecule has 0 saturated carbocycles. The summed E-state index contributed by atoms with van der Waals surface area (Å²) in [5.74, 6) is -0.587. The summed E-state index contributed by atoms with van der Waals surface area (Å²) in [4.78, 5) is 11.4. The largest absolute Gasteiger partial charge is 0.466 e. The Morgan fingerprint density at radius 2 is 2.40 bits per heavy atom. The zero-order valence-corrected chi connectivity index (χ0v) is 9.41. The number of alkyl halides is 1. The molecule has 0 radical (unpaired) electrons. The first-order chi connectivity index (χ1) is 6.94. The van der Waals surface area contributed by atoms with Crippen molar-refractivity contribution in [3.05, 3.63) is 18.0 Å². The molecule has 0 aliphatic carbocycles. The van der Waals surface area contributed by atoms with Gasteiger partial charge in [0.05, 0.1) is 13.3 Å². The molecule has 82 valence electrons. The lowest BCUT2D eigenvalue weighted by molar-refractivity contribution is -0.143. The molecule has 0 amide bonds. The van der Waals surface area contributed by atoms with E-state index in [-0.39, 0.29) is 0 Å². The first-order valence-electron chi connectivity index (χ1n) is 4.40. The summed E-state index contributed by atoms with van der Waals surface area (Å²) in [5, 5.41) is 2.59. The van der Waals surface area contributed by atoms with Crippen LogP contribution >= 0.6 is 11.6 Å². The van der Waals surface area contributed by atoms with E-state index in [1.165, 1.54) is 7.11 Å². The molecule has 1 aliphatic heterocycles. The van der Waals surface area contributed by atoms with Crippen molar-refractivity contribution < 1.29 is 14.3 Å². The van der Waals surface area contributed by atoms with Gasteiger partial charge in [-0.15, -0.1) is 0 Å². The van der Waals surface area contributed by atoms with E-state index in [4.69, 9.17) is 16.3 Å². The van der Waals surface area contributed by atoms with Crippen molar-refractivity contribution >= 4 is 17.6 Å². The molecule has 5 nitrogen and oxygen atoms in total.